The van der Waals surface area contributed by atoms with Crippen LogP contribution in [0.5, 0.6) is 0 Å². The van der Waals surface area contributed by atoms with E-state index >= 15 is 0 Å². The van der Waals surface area contributed by atoms with Crippen molar-refractivity contribution in [2.45, 2.75) is 19.3 Å². The molecule has 0 bridgehead atoms. The monoisotopic (exact) mass is 234 g/mol. The van der Waals surface area contributed by atoms with E-state index in [1.165, 1.54) is 6.20 Å². The first-order chi connectivity index (χ1) is 5.81. The molecule has 0 aliphatic rings. The van der Waals surface area contributed by atoms with Crippen molar-refractivity contribution in [3.8, 4) is 0 Å². The molecule has 0 radical (unpaired) electrons. The molecule has 3 nitrogen and oxygen atoms in total. The van der Waals surface area contributed by atoms with Gasteiger partial charge in [0.15, 0.2) is 0 Å². The van der Waals surface area contributed by atoms with Gasteiger partial charge < -0.3 is 10.8 Å². The number of aliphatic hydroxyl groups excluding tert-OH is 1. The number of unbranched alkanes of at least 4 members (excludes halogenated alkanes) is 2. The molecule has 0 atom stereocenters. The second-order valence-corrected chi connectivity index (χ2v) is 3.16. The van der Waals surface area contributed by atoms with E-state index < -0.39 is 0 Å². The summed E-state index contributed by atoms with van der Waals surface area (Å²) < 4.78 is 0.772. The van der Waals surface area contributed by atoms with Gasteiger partial charge in [0, 0.05) is 13.2 Å². The fourth-order valence-electron chi connectivity index (χ4n) is 0.718. The van der Waals surface area contributed by atoms with E-state index in [9.17, 15) is 0 Å². The Morgan fingerprint density at radius 3 is 2.75 bits per heavy atom. The Morgan fingerprint density at radius 2 is 2.17 bits per heavy atom. The lowest BCUT2D eigenvalue weighted by Crippen LogP contribution is -1.89. The molecule has 70 valence electrons. The molecular formula is C8H15BrN2O. The third-order valence-corrected chi connectivity index (χ3v) is 1.83. The zero-order valence-electron chi connectivity index (χ0n) is 7.04. The lowest BCUT2D eigenvalue weighted by Gasteiger charge is -1.94. The highest BCUT2D eigenvalue weighted by Gasteiger charge is 1.87. The second kappa shape index (κ2) is 8.74. The summed E-state index contributed by atoms with van der Waals surface area (Å²) in [5.74, 6) is 0. The molecular weight excluding hydrogens is 220 g/mol. The smallest absolute Gasteiger partial charge is 0.101 e. The fourth-order valence-corrected chi connectivity index (χ4v) is 1.05. The van der Waals surface area contributed by atoms with Crippen molar-refractivity contribution in [1.82, 2.24) is 0 Å². The first kappa shape index (κ1) is 11.6. The molecule has 12 heavy (non-hydrogen) atoms. The third-order valence-electron chi connectivity index (χ3n) is 1.31. The van der Waals surface area contributed by atoms with E-state index in [-0.39, 0.29) is 6.61 Å². The highest BCUT2D eigenvalue weighted by molar-refractivity contribution is 9.18. The Balaban J connectivity index is 3.33. The van der Waals surface area contributed by atoms with Crippen LogP contribution in [0.2, 0.25) is 0 Å². The topological polar surface area (TPSA) is 58.6 Å². The van der Waals surface area contributed by atoms with Crippen molar-refractivity contribution in [3.63, 3.8) is 0 Å². The predicted molar refractivity (Wildman–Crippen MR) is 55.5 cm³/mol. The fraction of sp³-hybridized carbons (Fsp3) is 0.625. The highest BCUT2D eigenvalue weighted by atomic mass is 79.9. The van der Waals surface area contributed by atoms with Gasteiger partial charge in [-0.05, 0) is 47.5 Å². The molecule has 3 N–H and O–H groups in total. The Kier molecular flexibility index (Phi) is 8.49. The van der Waals surface area contributed by atoms with Crippen LogP contribution in [0.15, 0.2) is 17.3 Å². The van der Waals surface area contributed by atoms with Gasteiger partial charge in [-0.3, -0.25) is 4.99 Å². The first-order valence-electron chi connectivity index (χ1n) is 4.00. The van der Waals surface area contributed by atoms with Crippen LogP contribution < -0.4 is 5.73 Å². The number of aliphatic imine (C=N–C) groups is 1. The van der Waals surface area contributed by atoms with E-state index in [1.54, 1.807) is 6.08 Å². The lowest BCUT2D eigenvalue weighted by molar-refractivity contribution is 0.283. The number of nitrogens with zero attached hydrogens (tertiary/aromatic N) is 1. The van der Waals surface area contributed by atoms with Gasteiger partial charge in [0.05, 0.1) is 0 Å². The van der Waals surface area contributed by atoms with Crippen molar-refractivity contribution in [3.05, 3.63) is 12.3 Å². The van der Waals surface area contributed by atoms with E-state index in [2.05, 4.69) is 20.9 Å². The first-order valence-corrected chi connectivity index (χ1v) is 4.79. The quantitative estimate of drug-likeness (QED) is 0.540. The summed E-state index contributed by atoms with van der Waals surface area (Å²) in [7, 11) is 0. The highest BCUT2D eigenvalue weighted by Crippen LogP contribution is 1.97. The van der Waals surface area contributed by atoms with Gasteiger partial charge in [-0.15, -0.1) is 0 Å². The van der Waals surface area contributed by atoms with Crippen molar-refractivity contribution < 1.29 is 5.11 Å². The molecule has 0 rings (SSSR count). The van der Waals surface area contributed by atoms with Gasteiger partial charge in [0.2, 0.25) is 0 Å². The summed E-state index contributed by atoms with van der Waals surface area (Å²) in [6.45, 7) is 1.05. The molecule has 0 aromatic carbocycles. The van der Waals surface area contributed by atoms with Gasteiger partial charge in [0.25, 0.3) is 0 Å². The van der Waals surface area contributed by atoms with Crippen LogP contribution in [0.25, 0.3) is 0 Å². The molecule has 0 aromatic heterocycles. The number of hydrogen-bond acceptors (Lipinski definition) is 3. The Bertz CT molecular complexity index is 157. The summed E-state index contributed by atoms with van der Waals surface area (Å²) in [5, 5.41) is 8.49. The maximum atomic E-state index is 8.49. The molecule has 0 aromatic rings. The van der Waals surface area contributed by atoms with Crippen LogP contribution in [-0.4, -0.2) is 22.9 Å². The number of aliphatic hydroxyl groups is 1. The van der Waals surface area contributed by atoms with Gasteiger partial charge in [-0.2, -0.15) is 0 Å². The summed E-state index contributed by atoms with van der Waals surface area (Å²) in [6.07, 6.45) is 6.04. The maximum Gasteiger partial charge on any atom is 0.101 e. The Labute approximate surface area is 81.5 Å². The number of allylic oxidation sites excluding steroid dienone is 1. The van der Waals surface area contributed by atoms with Crippen LogP contribution in [0.4, 0.5) is 0 Å². The van der Waals surface area contributed by atoms with Crippen LogP contribution in [-0.2, 0) is 0 Å². The summed E-state index contributed by atoms with van der Waals surface area (Å²) in [6, 6.07) is 0. The maximum absolute atomic E-state index is 8.49. The SMILES string of the molecule is NC=CC(Br)=NCCCCCO. The minimum atomic E-state index is 0.271. The van der Waals surface area contributed by atoms with Crippen LogP contribution in [0, 0.1) is 0 Å². The van der Waals surface area contributed by atoms with E-state index in [0.717, 1.165) is 30.4 Å². The molecule has 0 fully saturated rings. The van der Waals surface area contributed by atoms with Gasteiger partial charge >= 0.3 is 0 Å². The molecule has 0 amide bonds. The molecule has 0 heterocycles. The van der Waals surface area contributed by atoms with Crippen LogP contribution in [0.3, 0.4) is 0 Å². The Hall–Kier alpha value is -0.350. The summed E-state index contributed by atoms with van der Waals surface area (Å²) in [5.41, 5.74) is 5.16. The largest absolute Gasteiger partial charge is 0.405 e. The number of halogens is 1. The number of nitrogens with two attached hydrogens (primary N) is 1. The van der Waals surface area contributed by atoms with Gasteiger partial charge in [0.1, 0.15) is 4.62 Å². The molecule has 0 saturated heterocycles. The molecule has 4 heteroatoms. The standard InChI is InChI=1S/C8H15BrN2O/c9-8(4-5-10)11-6-2-1-3-7-12/h4-5,12H,1-3,6-7,10H2. The van der Waals surface area contributed by atoms with Crippen LogP contribution in [0.1, 0.15) is 19.3 Å². The molecule has 0 aliphatic carbocycles. The van der Waals surface area contributed by atoms with Gasteiger partial charge in [-0.25, -0.2) is 0 Å². The van der Waals surface area contributed by atoms with Crippen molar-refractivity contribution in [2.24, 2.45) is 10.7 Å². The van der Waals surface area contributed by atoms with E-state index in [1.807, 2.05) is 0 Å². The normalized spacial score (nSPS) is 12.7. The van der Waals surface area contributed by atoms with Crippen molar-refractivity contribution in [2.75, 3.05) is 13.2 Å². The molecule has 0 spiro atoms. The average Bonchev–Trinajstić information content (AvgIpc) is 2.05. The van der Waals surface area contributed by atoms with Gasteiger partial charge in [-0.1, -0.05) is 0 Å². The van der Waals surface area contributed by atoms with E-state index in [4.69, 9.17) is 10.8 Å². The predicted octanol–water partition coefficient (Wildman–Crippen LogP) is 1.41. The lowest BCUT2D eigenvalue weighted by atomic mass is 10.2. The zero-order valence-corrected chi connectivity index (χ0v) is 8.63. The minimum Gasteiger partial charge on any atom is -0.405 e. The molecule has 0 unspecified atom stereocenters. The number of hydrogen-bond donors (Lipinski definition) is 2. The van der Waals surface area contributed by atoms with Crippen molar-refractivity contribution in [1.29, 1.82) is 0 Å². The number of rotatable bonds is 6. The summed E-state index contributed by atoms with van der Waals surface area (Å²) >= 11 is 3.24. The zero-order chi connectivity index (χ0) is 9.23. The average molecular weight is 235 g/mol. The summed E-state index contributed by atoms with van der Waals surface area (Å²) in [4.78, 5) is 4.17. The van der Waals surface area contributed by atoms with Crippen LogP contribution >= 0.6 is 15.9 Å². The van der Waals surface area contributed by atoms with Crippen molar-refractivity contribution >= 4 is 20.6 Å². The second-order valence-electron chi connectivity index (χ2n) is 2.35. The third kappa shape index (κ3) is 7.75. The van der Waals surface area contributed by atoms with E-state index in [0.29, 0.717) is 0 Å². The molecule has 0 saturated carbocycles. The minimum absolute atomic E-state index is 0.271. The molecule has 0 aliphatic heterocycles. The Morgan fingerprint density at radius 1 is 1.42 bits per heavy atom.